The lowest BCUT2D eigenvalue weighted by Crippen LogP contribution is -2.38. The van der Waals surface area contributed by atoms with E-state index in [2.05, 4.69) is 20.4 Å². The molecule has 0 atom stereocenters. The van der Waals surface area contributed by atoms with Crippen LogP contribution in [0.25, 0.3) is 10.9 Å². The third-order valence-electron chi connectivity index (χ3n) is 4.21. The van der Waals surface area contributed by atoms with Gasteiger partial charge in [0.2, 0.25) is 0 Å². The van der Waals surface area contributed by atoms with Crippen LogP contribution >= 0.6 is 11.6 Å². The van der Waals surface area contributed by atoms with Gasteiger partial charge in [-0.3, -0.25) is 9.69 Å². The van der Waals surface area contributed by atoms with Crippen LogP contribution in [0.5, 0.6) is 5.75 Å². The predicted molar refractivity (Wildman–Crippen MR) is 99.3 cm³/mol. The zero-order valence-electron chi connectivity index (χ0n) is 14.2. The summed E-state index contributed by atoms with van der Waals surface area (Å²) in [4.78, 5) is 18.4. The van der Waals surface area contributed by atoms with E-state index >= 15 is 0 Å². The number of nitrogens with one attached hydrogen (secondary N) is 1. The first-order valence-electron chi connectivity index (χ1n) is 8.34. The minimum Gasteiger partial charge on any atom is -0.497 e. The number of nitrogens with zero attached hydrogens (tertiary/aromatic N) is 3. The van der Waals surface area contributed by atoms with Crippen molar-refractivity contribution in [2.75, 3.05) is 26.7 Å². The number of piperidine rings is 1. The van der Waals surface area contributed by atoms with Gasteiger partial charge >= 0.3 is 0 Å². The van der Waals surface area contributed by atoms with Gasteiger partial charge in [0.05, 0.1) is 25.4 Å². The Bertz CT molecular complexity index is 788. The van der Waals surface area contributed by atoms with Crippen LogP contribution in [-0.2, 0) is 4.79 Å². The standard InChI is InChI=1S/C18H21ClN4O2/c1-25-15-6-5-13-9-14(18(19)21-16(13)10-15)11-20-22-17(24)12-23-7-3-2-4-8-23/h5-6,9-11H,2-4,7-8,12H2,1H3,(H,22,24)/b20-11-. The van der Waals surface area contributed by atoms with Gasteiger partial charge in [-0.15, -0.1) is 0 Å². The van der Waals surface area contributed by atoms with Crippen molar-refractivity contribution in [2.24, 2.45) is 5.10 Å². The Morgan fingerprint density at radius 1 is 1.36 bits per heavy atom. The van der Waals surface area contributed by atoms with E-state index in [0.29, 0.717) is 17.3 Å². The molecular weight excluding hydrogens is 340 g/mol. The molecule has 3 rings (SSSR count). The summed E-state index contributed by atoms with van der Waals surface area (Å²) in [6, 6.07) is 7.47. The second-order valence-electron chi connectivity index (χ2n) is 6.06. The molecule has 1 amide bonds. The molecule has 132 valence electrons. The monoisotopic (exact) mass is 360 g/mol. The Hall–Kier alpha value is -2.18. The number of likely N-dealkylation sites (tertiary alicyclic amines) is 1. The van der Waals surface area contributed by atoms with Gasteiger partial charge in [0.1, 0.15) is 10.9 Å². The van der Waals surface area contributed by atoms with Crippen molar-refractivity contribution in [1.82, 2.24) is 15.3 Å². The van der Waals surface area contributed by atoms with Crippen LogP contribution < -0.4 is 10.2 Å². The van der Waals surface area contributed by atoms with E-state index in [1.807, 2.05) is 24.3 Å². The molecule has 25 heavy (non-hydrogen) atoms. The number of pyridine rings is 1. The zero-order valence-corrected chi connectivity index (χ0v) is 14.9. The van der Waals surface area contributed by atoms with Gasteiger partial charge < -0.3 is 4.74 Å². The minimum atomic E-state index is -0.118. The van der Waals surface area contributed by atoms with E-state index in [1.54, 1.807) is 7.11 Å². The molecular formula is C18H21ClN4O2. The molecule has 2 aromatic rings. The minimum absolute atomic E-state index is 0.118. The molecule has 6 nitrogen and oxygen atoms in total. The number of amides is 1. The lowest BCUT2D eigenvalue weighted by atomic mass is 10.1. The second kappa shape index (κ2) is 8.27. The summed E-state index contributed by atoms with van der Waals surface area (Å²) < 4.78 is 5.19. The van der Waals surface area contributed by atoms with Crippen LogP contribution in [0.4, 0.5) is 0 Å². The molecule has 1 saturated heterocycles. The molecule has 7 heteroatoms. The smallest absolute Gasteiger partial charge is 0.254 e. The highest BCUT2D eigenvalue weighted by molar-refractivity contribution is 6.32. The van der Waals surface area contributed by atoms with E-state index in [9.17, 15) is 4.79 Å². The fourth-order valence-electron chi connectivity index (χ4n) is 2.89. The lowest BCUT2D eigenvalue weighted by Gasteiger charge is -2.25. The van der Waals surface area contributed by atoms with Crippen LogP contribution in [0.2, 0.25) is 5.15 Å². The summed E-state index contributed by atoms with van der Waals surface area (Å²) in [6.07, 6.45) is 5.07. The Morgan fingerprint density at radius 2 is 2.16 bits per heavy atom. The molecule has 0 bridgehead atoms. The first kappa shape index (κ1) is 17.6. The van der Waals surface area contributed by atoms with Gasteiger partial charge in [-0.1, -0.05) is 18.0 Å². The number of hydrazone groups is 1. The molecule has 0 aliphatic carbocycles. The molecule has 1 aromatic carbocycles. The highest BCUT2D eigenvalue weighted by Crippen LogP contribution is 2.23. The van der Waals surface area contributed by atoms with Crippen molar-refractivity contribution in [2.45, 2.75) is 19.3 Å². The lowest BCUT2D eigenvalue weighted by molar-refractivity contribution is -0.122. The highest BCUT2D eigenvalue weighted by atomic mass is 35.5. The molecule has 1 aromatic heterocycles. The maximum absolute atomic E-state index is 11.9. The molecule has 0 unspecified atom stereocenters. The maximum Gasteiger partial charge on any atom is 0.254 e. The van der Waals surface area contributed by atoms with Gasteiger partial charge in [0.15, 0.2) is 0 Å². The van der Waals surface area contributed by atoms with Gasteiger partial charge in [0, 0.05) is 17.0 Å². The predicted octanol–water partition coefficient (Wildman–Crippen LogP) is 2.83. The van der Waals surface area contributed by atoms with Gasteiger partial charge in [-0.05, 0) is 44.1 Å². The van der Waals surface area contributed by atoms with Crippen LogP contribution in [0, 0.1) is 0 Å². The maximum atomic E-state index is 11.9. The summed E-state index contributed by atoms with van der Waals surface area (Å²) >= 11 is 6.21. The SMILES string of the molecule is COc1ccc2cc(/C=N\NC(=O)CN3CCCCC3)c(Cl)nc2c1. The van der Waals surface area contributed by atoms with Gasteiger partial charge in [-0.2, -0.15) is 5.10 Å². The first-order chi connectivity index (χ1) is 12.2. The summed E-state index contributed by atoms with van der Waals surface area (Å²) in [6.45, 7) is 2.32. The number of aromatic nitrogens is 1. The molecule has 2 heterocycles. The number of fused-ring (bicyclic) bond motifs is 1. The van der Waals surface area contributed by atoms with Crippen molar-refractivity contribution in [3.05, 3.63) is 35.0 Å². The van der Waals surface area contributed by atoms with Crippen molar-refractivity contribution in [1.29, 1.82) is 0 Å². The van der Waals surface area contributed by atoms with Crippen molar-refractivity contribution in [3.63, 3.8) is 0 Å². The van der Waals surface area contributed by atoms with Crippen LogP contribution in [0.1, 0.15) is 24.8 Å². The molecule has 0 radical (unpaired) electrons. The number of carbonyl (C=O) groups excluding carboxylic acids is 1. The normalized spacial score (nSPS) is 15.6. The third kappa shape index (κ3) is 4.67. The number of halogens is 1. The highest BCUT2D eigenvalue weighted by Gasteiger charge is 2.13. The molecule has 1 fully saturated rings. The fourth-order valence-corrected chi connectivity index (χ4v) is 3.08. The summed E-state index contributed by atoms with van der Waals surface area (Å²) in [7, 11) is 1.61. The van der Waals surface area contributed by atoms with E-state index in [-0.39, 0.29) is 5.91 Å². The van der Waals surface area contributed by atoms with Crippen LogP contribution in [0.3, 0.4) is 0 Å². The van der Waals surface area contributed by atoms with Crippen molar-refractivity contribution >= 4 is 34.6 Å². The third-order valence-corrected chi connectivity index (χ3v) is 4.52. The van der Waals surface area contributed by atoms with Gasteiger partial charge in [0.25, 0.3) is 5.91 Å². The molecule has 1 aliphatic heterocycles. The molecule has 0 saturated carbocycles. The molecule has 1 N–H and O–H groups in total. The Balaban J connectivity index is 1.64. The number of benzene rings is 1. The topological polar surface area (TPSA) is 66.8 Å². The summed E-state index contributed by atoms with van der Waals surface area (Å²) in [5.74, 6) is 0.607. The Kier molecular flexibility index (Phi) is 5.83. The summed E-state index contributed by atoms with van der Waals surface area (Å²) in [5, 5.41) is 5.26. The Morgan fingerprint density at radius 3 is 2.92 bits per heavy atom. The number of hydrogen-bond donors (Lipinski definition) is 1. The quantitative estimate of drug-likeness (QED) is 0.506. The second-order valence-corrected chi connectivity index (χ2v) is 6.42. The van der Waals surface area contributed by atoms with Crippen molar-refractivity contribution in [3.8, 4) is 5.75 Å². The molecule has 0 spiro atoms. The summed E-state index contributed by atoms with van der Waals surface area (Å²) in [5.41, 5.74) is 3.95. The largest absolute Gasteiger partial charge is 0.497 e. The van der Waals surface area contributed by atoms with E-state index in [0.717, 1.165) is 42.6 Å². The Labute approximate surface area is 151 Å². The van der Waals surface area contributed by atoms with E-state index < -0.39 is 0 Å². The number of rotatable bonds is 5. The first-order valence-corrected chi connectivity index (χ1v) is 8.72. The fraction of sp³-hybridized carbons (Fsp3) is 0.389. The van der Waals surface area contributed by atoms with E-state index in [1.165, 1.54) is 12.6 Å². The van der Waals surface area contributed by atoms with Crippen LogP contribution in [0.15, 0.2) is 29.4 Å². The number of carbonyl (C=O) groups is 1. The number of hydrogen-bond acceptors (Lipinski definition) is 5. The average Bonchev–Trinajstić information content (AvgIpc) is 2.62. The number of methoxy groups -OCH3 is 1. The van der Waals surface area contributed by atoms with Gasteiger partial charge in [-0.25, -0.2) is 10.4 Å². The van der Waals surface area contributed by atoms with Crippen LogP contribution in [-0.4, -0.2) is 48.7 Å². The number of ether oxygens (including phenoxy) is 1. The molecule has 1 aliphatic rings. The zero-order chi connectivity index (χ0) is 17.6. The van der Waals surface area contributed by atoms with Crippen molar-refractivity contribution < 1.29 is 9.53 Å². The van der Waals surface area contributed by atoms with E-state index in [4.69, 9.17) is 16.3 Å². The average molecular weight is 361 g/mol.